The highest BCUT2D eigenvalue weighted by atomic mass is 16.5. The molecule has 15 heavy (non-hydrogen) atoms. The van der Waals surface area contributed by atoms with Gasteiger partial charge in [0.05, 0.1) is 19.3 Å². The molecule has 1 aromatic heterocycles. The Hall–Kier alpha value is -0.990. The molecule has 86 valence electrons. The predicted octanol–water partition coefficient (Wildman–Crippen LogP) is 2.89. The third-order valence-corrected chi connectivity index (χ3v) is 2.23. The second kappa shape index (κ2) is 5.79. The molecule has 0 saturated heterocycles. The second-order valence-corrected chi connectivity index (χ2v) is 4.13. The number of aryl methyl sites for hydroxylation is 1. The van der Waals surface area contributed by atoms with Crippen LogP contribution in [0.5, 0.6) is 5.88 Å². The SMILES string of the molecule is CCC.CCc1cnn2c1OCC(C)C2. The molecule has 1 unspecified atom stereocenters. The summed E-state index contributed by atoms with van der Waals surface area (Å²) in [4.78, 5) is 0. The molecule has 0 spiro atoms. The van der Waals surface area contributed by atoms with Crippen molar-refractivity contribution in [1.82, 2.24) is 9.78 Å². The molecule has 0 amide bonds. The molecule has 0 aromatic carbocycles. The number of fused-ring (bicyclic) bond motifs is 1. The van der Waals surface area contributed by atoms with Crippen molar-refractivity contribution in [2.45, 2.75) is 47.1 Å². The first-order valence-corrected chi connectivity index (χ1v) is 5.90. The topological polar surface area (TPSA) is 27.1 Å². The molecule has 0 aliphatic carbocycles. The predicted molar refractivity (Wildman–Crippen MR) is 62.2 cm³/mol. The summed E-state index contributed by atoms with van der Waals surface area (Å²) in [6.45, 7) is 10.4. The van der Waals surface area contributed by atoms with Crippen LogP contribution in [0.2, 0.25) is 0 Å². The molecular weight excluding hydrogens is 188 g/mol. The van der Waals surface area contributed by atoms with Crippen LogP contribution in [0, 0.1) is 5.92 Å². The van der Waals surface area contributed by atoms with Crippen molar-refractivity contribution in [2.24, 2.45) is 5.92 Å². The molecule has 2 rings (SSSR count). The van der Waals surface area contributed by atoms with Gasteiger partial charge in [-0.25, -0.2) is 4.68 Å². The monoisotopic (exact) mass is 210 g/mol. The maximum Gasteiger partial charge on any atom is 0.215 e. The van der Waals surface area contributed by atoms with Crippen molar-refractivity contribution < 1.29 is 4.74 Å². The Labute approximate surface area is 92.4 Å². The van der Waals surface area contributed by atoms with Crippen molar-refractivity contribution in [3.8, 4) is 5.88 Å². The van der Waals surface area contributed by atoms with Gasteiger partial charge in [0.15, 0.2) is 0 Å². The van der Waals surface area contributed by atoms with Crippen LogP contribution in [0.3, 0.4) is 0 Å². The van der Waals surface area contributed by atoms with Crippen LogP contribution in [0.15, 0.2) is 6.20 Å². The van der Waals surface area contributed by atoms with Crippen molar-refractivity contribution in [1.29, 1.82) is 0 Å². The zero-order valence-electron chi connectivity index (χ0n) is 10.3. The Morgan fingerprint density at radius 3 is 2.73 bits per heavy atom. The van der Waals surface area contributed by atoms with Crippen molar-refractivity contribution in [3.05, 3.63) is 11.8 Å². The number of aromatic nitrogens is 2. The van der Waals surface area contributed by atoms with Gasteiger partial charge in [0.1, 0.15) is 0 Å². The Morgan fingerprint density at radius 2 is 2.13 bits per heavy atom. The largest absolute Gasteiger partial charge is 0.477 e. The van der Waals surface area contributed by atoms with E-state index in [-0.39, 0.29) is 0 Å². The first kappa shape index (κ1) is 12.1. The first-order chi connectivity index (χ1) is 7.22. The van der Waals surface area contributed by atoms with E-state index in [0.717, 1.165) is 25.5 Å². The van der Waals surface area contributed by atoms with E-state index < -0.39 is 0 Å². The molecule has 0 N–H and O–H groups in total. The molecule has 0 fully saturated rings. The molecule has 1 aliphatic heterocycles. The first-order valence-electron chi connectivity index (χ1n) is 5.90. The molecular formula is C12H22N2O. The average molecular weight is 210 g/mol. The summed E-state index contributed by atoms with van der Waals surface area (Å²) in [6, 6.07) is 0. The summed E-state index contributed by atoms with van der Waals surface area (Å²) in [5.41, 5.74) is 1.22. The van der Waals surface area contributed by atoms with E-state index >= 15 is 0 Å². The van der Waals surface area contributed by atoms with Crippen LogP contribution in [0.1, 0.15) is 39.7 Å². The quantitative estimate of drug-likeness (QED) is 0.712. The minimum absolute atomic E-state index is 0.585. The van der Waals surface area contributed by atoms with Gasteiger partial charge in [-0.1, -0.05) is 34.1 Å². The Bertz CT molecular complexity index is 294. The van der Waals surface area contributed by atoms with Gasteiger partial charge in [0.25, 0.3) is 0 Å². The van der Waals surface area contributed by atoms with Crippen LogP contribution in [0.4, 0.5) is 0 Å². The van der Waals surface area contributed by atoms with Gasteiger partial charge in [-0.05, 0) is 6.42 Å². The molecule has 1 atom stereocenters. The van der Waals surface area contributed by atoms with Crippen LogP contribution < -0.4 is 4.74 Å². The number of nitrogens with zero attached hydrogens (tertiary/aromatic N) is 2. The highest BCUT2D eigenvalue weighted by Crippen LogP contribution is 2.24. The smallest absolute Gasteiger partial charge is 0.215 e. The van der Waals surface area contributed by atoms with Crippen molar-refractivity contribution >= 4 is 0 Å². The molecule has 3 nitrogen and oxygen atoms in total. The summed E-state index contributed by atoms with van der Waals surface area (Å²) in [7, 11) is 0. The normalized spacial score (nSPS) is 18.5. The van der Waals surface area contributed by atoms with Gasteiger partial charge in [-0.3, -0.25) is 0 Å². The summed E-state index contributed by atoms with van der Waals surface area (Å²) in [5.74, 6) is 1.57. The van der Waals surface area contributed by atoms with Crippen molar-refractivity contribution in [3.63, 3.8) is 0 Å². The Balaban J connectivity index is 0.000000337. The molecule has 0 radical (unpaired) electrons. The number of ether oxygens (including phenoxy) is 1. The van der Waals surface area contributed by atoms with E-state index in [1.807, 2.05) is 10.9 Å². The van der Waals surface area contributed by atoms with Gasteiger partial charge in [0, 0.05) is 11.5 Å². The summed E-state index contributed by atoms with van der Waals surface area (Å²) in [5, 5.41) is 4.27. The minimum atomic E-state index is 0.585. The standard InChI is InChI=1S/C9H14N2O.C3H8/c1-3-8-4-10-11-5-7(2)6-12-9(8)11;1-3-2/h4,7H,3,5-6H2,1-2H3;3H2,1-2H3. The number of hydrogen-bond donors (Lipinski definition) is 0. The fraction of sp³-hybridized carbons (Fsp3) is 0.750. The minimum Gasteiger partial charge on any atom is -0.477 e. The van der Waals surface area contributed by atoms with Gasteiger partial charge < -0.3 is 4.74 Å². The van der Waals surface area contributed by atoms with Crippen LogP contribution >= 0.6 is 0 Å². The van der Waals surface area contributed by atoms with E-state index in [1.54, 1.807) is 0 Å². The van der Waals surface area contributed by atoms with Crippen LogP contribution in [-0.4, -0.2) is 16.4 Å². The van der Waals surface area contributed by atoms with E-state index in [4.69, 9.17) is 4.74 Å². The lowest BCUT2D eigenvalue weighted by atomic mass is 10.2. The summed E-state index contributed by atoms with van der Waals surface area (Å²) >= 11 is 0. The van der Waals surface area contributed by atoms with Crippen molar-refractivity contribution in [2.75, 3.05) is 6.61 Å². The van der Waals surface area contributed by atoms with E-state index in [2.05, 4.69) is 32.8 Å². The van der Waals surface area contributed by atoms with Gasteiger partial charge in [-0.2, -0.15) is 5.10 Å². The second-order valence-electron chi connectivity index (χ2n) is 4.13. The molecule has 3 heteroatoms. The number of hydrogen-bond acceptors (Lipinski definition) is 2. The third-order valence-electron chi connectivity index (χ3n) is 2.23. The molecule has 0 saturated carbocycles. The Kier molecular flexibility index (Phi) is 4.66. The Morgan fingerprint density at radius 1 is 1.47 bits per heavy atom. The molecule has 1 aliphatic rings. The zero-order chi connectivity index (χ0) is 11.3. The third kappa shape index (κ3) is 2.98. The fourth-order valence-corrected chi connectivity index (χ4v) is 1.52. The van der Waals surface area contributed by atoms with E-state index in [0.29, 0.717) is 5.92 Å². The lowest BCUT2D eigenvalue weighted by Gasteiger charge is -2.21. The van der Waals surface area contributed by atoms with Gasteiger partial charge >= 0.3 is 0 Å². The van der Waals surface area contributed by atoms with Crippen LogP contribution in [-0.2, 0) is 13.0 Å². The number of rotatable bonds is 1. The molecule has 2 heterocycles. The molecule has 0 bridgehead atoms. The zero-order valence-corrected chi connectivity index (χ0v) is 10.3. The van der Waals surface area contributed by atoms with Gasteiger partial charge in [-0.15, -0.1) is 0 Å². The van der Waals surface area contributed by atoms with Crippen LogP contribution in [0.25, 0.3) is 0 Å². The molecule has 1 aromatic rings. The van der Waals surface area contributed by atoms with Gasteiger partial charge in [0.2, 0.25) is 5.88 Å². The summed E-state index contributed by atoms with van der Waals surface area (Å²) in [6.07, 6.45) is 4.16. The maximum atomic E-state index is 5.60. The lowest BCUT2D eigenvalue weighted by Crippen LogP contribution is -2.23. The highest BCUT2D eigenvalue weighted by molar-refractivity contribution is 5.24. The highest BCUT2D eigenvalue weighted by Gasteiger charge is 2.19. The maximum absolute atomic E-state index is 5.60. The average Bonchev–Trinajstić information content (AvgIpc) is 2.61. The van der Waals surface area contributed by atoms with E-state index in [9.17, 15) is 0 Å². The fourth-order valence-electron chi connectivity index (χ4n) is 1.52. The van der Waals surface area contributed by atoms with E-state index in [1.165, 1.54) is 12.0 Å². The lowest BCUT2D eigenvalue weighted by molar-refractivity contribution is 0.174. The summed E-state index contributed by atoms with van der Waals surface area (Å²) < 4.78 is 7.56.